The van der Waals surface area contributed by atoms with Gasteiger partial charge in [-0.15, -0.1) is 0 Å². The van der Waals surface area contributed by atoms with E-state index in [0.29, 0.717) is 25.5 Å². The van der Waals surface area contributed by atoms with E-state index >= 15 is 0 Å². The molecule has 0 aliphatic carbocycles. The van der Waals surface area contributed by atoms with Crippen LogP contribution in [0.1, 0.15) is 18.1 Å². The van der Waals surface area contributed by atoms with E-state index in [1.807, 2.05) is 37.3 Å². The molecular weight excluding hydrogens is 266 g/mol. The molecule has 0 radical (unpaired) electrons. The number of phenolic OH excluding ortho intramolecular Hbond substituents is 1. The Morgan fingerprint density at radius 1 is 0.952 bits per heavy atom. The zero-order valence-corrected chi connectivity index (χ0v) is 12.2. The molecule has 0 saturated carbocycles. The van der Waals surface area contributed by atoms with Gasteiger partial charge >= 0.3 is 0 Å². The highest BCUT2D eigenvalue weighted by Gasteiger charge is 2.07. The van der Waals surface area contributed by atoms with Gasteiger partial charge in [0.2, 0.25) is 0 Å². The van der Waals surface area contributed by atoms with Crippen molar-refractivity contribution >= 4 is 0 Å². The average Bonchev–Trinajstić information content (AvgIpc) is 2.49. The summed E-state index contributed by atoms with van der Waals surface area (Å²) in [5.41, 5.74) is 7.70. The highest BCUT2D eigenvalue weighted by Crippen LogP contribution is 2.29. The molecule has 0 aromatic heterocycles. The number of nitrogens with two attached hydrogens (primary N) is 1. The fourth-order valence-corrected chi connectivity index (χ4v) is 2.02. The first kappa shape index (κ1) is 15.2. The van der Waals surface area contributed by atoms with Crippen molar-refractivity contribution in [3.8, 4) is 17.2 Å². The molecule has 0 fully saturated rings. The number of rotatable bonds is 7. The van der Waals surface area contributed by atoms with Crippen LogP contribution in [0.4, 0.5) is 0 Å². The highest BCUT2D eigenvalue weighted by molar-refractivity contribution is 5.43. The van der Waals surface area contributed by atoms with Gasteiger partial charge in [-0.2, -0.15) is 0 Å². The maximum absolute atomic E-state index is 9.27. The maximum atomic E-state index is 9.27. The van der Waals surface area contributed by atoms with Crippen LogP contribution in [0.3, 0.4) is 0 Å². The Hall–Kier alpha value is -2.20. The predicted molar refractivity (Wildman–Crippen MR) is 82.8 cm³/mol. The minimum absolute atomic E-state index is 0.250. The third-order valence-electron chi connectivity index (χ3n) is 3.07. The first-order valence-electron chi connectivity index (χ1n) is 7.09. The van der Waals surface area contributed by atoms with Crippen molar-refractivity contribution in [3.05, 3.63) is 53.6 Å². The van der Waals surface area contributed by atoms with Crippen molar-refractivity contribution < 1.29 is 14.6 Å². The van der Waals surface area contributed by atoms with E-state index in [4.69, 9.17) is 15.2 Å². The monoisotopic (exact) mass is 287 g/mol. The molecule has 2 rings (SSSR count). The number of hydrogen-bond donors (Lipinski definition) is 2. The molecule has 0 spiro atoms. The molecule has 0 aliphatic rings. The zero-order chi connectivity index (χ0) is 15.1. The predicted octanol–water partition coefficient (Wildman–Crippen LogP) is 2.87. The fraction of sp³-hybridized carbons (Fsp3) is 0.294. The van der Waals surface area contributed by atoms with Crippen molar-refractivity contribution in [1.29, 1.82) is 0 Å². The number of phenols is 1. The molecule has 0 unspecified atom stereocenters. The summed E-state index contributed by atoms with van der Waals surface area (Å²) in [6.07, 6.45) is 0.818. The summed E-state index contributed by atoms with van der Waals surface area (Å²) in [5, 5.41) is 9.27. The Kier molecular flexibility index (Phi) is 5.46. The van der Waals surface area contributed by atoms with Gasteiger partial charge in [0.1, 0.15) is 12.4 Å². The Morgan fingerprint density at radius 3 is 2.33 bits per heavy atom. The summed E-state index contributed by atoms with van der Waals surface area (Å²) in [5.74, 6) is 1.70. The molecule has 112 valence electrons. The van der Waals surface area contributed by atoms with E-state index in [-0.39, 0.29) is 5.75 Å². The Bertz CT molecular complexity index is 567. The van der Waals surface area contributed by atoms with Crippen LogP contribution >= 0.6 is 0 Å². The Balaban J connectivity index is 2.09. The third-order valence-corrected chi connectivity index (χ3v) is 3.07. The van der Waals surface area contributed by atoms with Crippen molar-refractivity contribution in [2.75, 3.05) is 13.2 Å². The van der Waals surface area contributed by atoms with E-state index in [9.17, 15) is 5.11 Å². The molecule has 0 aliphatic heterocycles. The van der Waals surface area contributed by atoms with Gasteiger partial charge in [-0.3, -0.25) is 0 Å². The van der Waals surface area contributed by atoms with Crippen molar-refractivity contribution in [2.24, 2.45) is 5.73 Å². The quantitative estimate of drug-likeness (QED) is 0.822. The molecule has 4 heteroatoms. The summed E-state index contributed by atoms with van der Waals surface area (Å²) >= 11 is 0. The normalized spacial score (nSPS) is 10.4. The van der Waals surface area contributed by atoms with Gasteiger partial charge in [-0.05, 0) is 55.3 Å². The lowest BCUT2D eigenvalue weighted by Crippen LogP contribution is -2.04. The van der Waals surface area contributed by atoms with E-state index in [1.54, 1.807) is 12.1 Å². The van der Waals surface area contributed by atoms with Gasteiger partial charge in [0.05, 0.1) is 6.61 Å². The van der Waals surface area contributed by atoms with Gasteiger partial charge in [0, 0.05) is 0 Å². The fourth-order valence-electron chi connectivity index (χ4n) is 2.02. The first-order valence-corrected chi connectivity index (χ1v) is 7.09. The largest absolute Gasteiger partial charge is 0.508 e. The molecule has 4 nitrogen and oxygen atoms in total. The van der Waals surface area contributed by atoms with Crippen LogP contribution in [0.2, 0.25) is 0 Å². The minimum Gasteiger partial charge on any atom is -0.508 e. The van der Waals surface area contributed by atoms with Crippen LogP contribution in [0.5, 0.6) is 17.2 Å². The molecule has 0 amide bonds. The summed E-state index contributed by atoms with van der Waals surface area (Å²) in [6.45, 7) is 3.57. The van der Waals surface area contributed by atoms with Gasteiger partial charge in [0.15, 0.2) is 11.5 Å². The topological polar surface area (TPSA) is 64.7 Å². The molecule has 0 atom stereocenters. The summed E-state index contributed by atoms with van der Waals surface area (Å²) < 4.78 is 11.4. The van der Waals surface area contributed by atoms with Gasteiger partial charge < -0.3 is 20.3 Å². The maximum Gasteiger partial charge on any atom is 0.161 e. The molecule has 0 heterocycles. The molecule has 0 saturated heterocycles. The van der Waals surface area contributed by atoms with Gasteiger partial charge in [-0.1, -0.05) is 18.2 Å². The van der Waals surface area contributed by atoms with Crippen molar-refractivity contribution in [3.63, 3.8) is 0 Å². The number of aromatic hydroxyl groups is 1. The molecular formula is C17H21NO3. The standard InChI is InChI=1S/C17H21NO3/c1-2-20-17-11-13(9-10-18)5-8-16(17)21-12-14-3-6-15(19)7-4-14/h3-8,11,19H,2,9-10,12,18H2,1H3. The summed E-state index contributed by atoms with van der Waals surface area (Å²) in [4.78, 5) is 0. The molecule has 2 aromatic rings. The minimum atomic E-state index is 0.250. The number of ether oxygens (including phenoxy) is 2. The van der Waals surface area contributed by atoms with Gasteiger partial charge in [-0.25, -0.2) is 0 Å². The van der Waals surface area contributed by atoms with Crippen LogP contribution in [0.15, 0.2) is 42.5 Å². The van der Waals surface area contributed by atoms with Crippen LogP contribution < -0.4 is 15.2 Å². The van der Waals surface area contributed by atoms with Gasteiger partial charge in [0.25, 0.3) is 0 Å². The van der Waals surface area contributed by atoms with Crippen LogP contribution in [0.25, 0.3) is 0 Å². The summed E-state index contributed by atoms with van der Waals surface area (Å²) in [6, 6.07) is 12.8. The number of hydrogen-bond acceptors (Lipinski definition) is 4. The van der Waals surface area contributed by atoms with Crippen LogP contribution in [0, 0.1) is 0 Å². The molecule has 21 heavy (non-hydrogen) atoms. The lowest BCUT2D eigenvalue weighted by Gasteiger charge is -2.13. The first-order chi connectivity index (χ1) is 10.2. The molecule has 3 N–H and O–H groups in total. The summed E-state index contributed by atoms with van der Waals surface area (Å²) in [7, 11) is 0. The van der Waals surface area contributed by atoms with Crippen LogP contribution in [-0.4, -0.2) is 18.3 Å². The lowest BCUT2D eigenvalue weighted by atomic mass is 10.1. The zero-order valence-electron chi connectivity index (χ0n) is 12.2. The molecule has 2 aromatic carbocycles. The van der Waals surface area contributed by atoms with Crippen molar-refractivity contribution in [2.45, 2.75) is 20.0 Å². The second kappa shape index (κ2) is 7.55. The Morgan fingerprint density at radius 2 is 1.67 bits per heavy atom. The Labute approximate surface area is 125 Å². The number of benzene rings is 2. The average molecular weight is 287 g/mol. The van der Waals surface area contributed by atoms with E-state index in [2.05, 4.69) is 0 Å². The third kappa shape index (κ3) is 4.39. The van der Waals surface area contributed by atoms with E-state index < -0.39 is 0 Å². The van der Waals surface area contributed by atoms with Crippen molar-refractivity contribution in [1.82, 2.24) is 0 Å². The second-order valence-corrected chi connectivity index (χ2v) is 4.71. The lowest BCUT2D eigenvalue weighted by molar-refractivity contribution is 0.269. The smallest absolute Gasteiger partial charge is 0.161 e. The second-order valence-electron chi connectivity index (χ2n) is 4.71. The highest BCUT2D eigenvalue weighted by atomic mass is 16.5. The van der Waals surface area contributed by atoms with E-state index in [0.717, 1.165) is 23.3 Å². The SMILES string of the molecule is CCOc1cc(CCN)ccc1OCc1ccc(O)cc1. The van der Waals surface area contributed by atoms with Crippen LogP contribution in [-0.2, 0) is 13.0 Å². The molecule has 0 bridgehead atoms. The van der Waals surface area contributed by atoms with E-state index in [1.165, 1.54) is 0 Å².